The highest BCUT2D eigenvalue weighted by Crippen LogP contribution is 2.28. The number of fused-ring (bicyclic) bond motifs is 1. The first kappa shape index (κ1) is 18.4. The Kier molecular flexibility index (Phi) is 4.66. The molecule has 0 bridgehead atoms. The van der Waals surface area contributed by atoms with Crippen molar-refractivity contribution in [2.75, 3.05) is 18.0 Å². The van der Waals surface area contributed by atoms with Gasteiger partial charge in [0.15, 0.2) is 5.75 Å². The molecule has 0 radical (unpaired) electrons. The van der Waals surface area contributed by atoms with Crippen molar-refractivity contribution >= 4 is 16.6 Å². The Hall–Kier alpha value is -3.68. The summed E-state index contributed by atoms with van der Waals surface area (Å²) in [6.45, 7) is 4.03. The normalized spacial score (nSPS) is 16.7. The van der Waals surface area contributed by atoms with E-state index in [0.717, 1.165) is 25.9 Å². The number of nitrogens with zero attached hydrogens (tertiary/aromatic N) is 5. The van der Waals surface area contributed by atoms with Gasteiger partial charge in [-0.2, -0.15) is 10.1 Å². The average Bonchev–Trinajstić information content (AvgIpc) is 3.23. The minimum atomic E-state index is -0.259. The molecule has 0 amide bonds. The summed E-state index contributed by atoms with van der Waals surface area (Å²) < 4.78 is 7.71. The van der Waals surface area contributed by atoms with Crippen molar-refractivity contribution in [1.29, 1.82) is 0 Å². The molecule has 0 saturated carbocycles. The first-order valence-corrected chi connectivity index (χ1v) is 10.0. The van der Waals surface area contributed by atoms with Gasteiger partial charge in [0.2, 0.25) is 0 Å². The number of benzene rings is 1. The number of piperidine rings is 1. The van der Waals surface area contributed by atoms with E-state index < -0.39 is 0 Å². The number of H-pyrrole nitrogens is 1. The van der Waals surface area contributed by atoms with Crippen molar-refractivity contribution in [3.8, 4) is 11.8 Å². The maximum Gasteiger partial charge on any atom is 0.302 e. The number of pyridine rings is 1. The lowest BCUT2D eigenvalue weighted by atomic mass is 10.0. The van der Waals surface area contributed by atoms with Crippen LogP contribution in [0.15, 0.2) is 59.9 Å². The topological polar surface area (TPSA) is 88.9 Å². The van der Waals surface area contributed by atoms with E-state index in [0.29, 0.717) is 16.7 Å². The van der Waals surface area contributed by atoms with Gasteiger partial charge in [0, 0.05) is 25.0 Å². The van der Waals surface area contributed by atoms with Gasteiger partial charge in [0.05, 0.1) is 35.5 Å². The highest BCUT2D eigenvalue weighted by Gasteiger charge is 2.22. The number of aromatic amines is 1. The van der Waals surface area contributed by atoms with Crippen molar-refractivity contribution in [3.63, 3.8) is 0 Å². The molecule has 1 unspecified atom stereocenters. The summed E-state index contributed by atoms with van der Waals surface area (Å²) in [6.07, 6.45) is 8.77. The zero-order valence-electron chi connectivity index (χ0n) is 16.7. The van der Waals surface area contributed by atoms with Crippen molar-refractivity contribution in [1.82, 2.24) is 24.7 Å². The Morgan fingerprint density at radius 3 is 2.90 bits per heavy atom. The number of nitrogens with one attached hydrogen (secondary N) is 1. The maximum atomic E-state index is 12.2. The molecule has 3 aromatic heterocycles. The van der Waals surface area contributed by atoms with Gasteiger partial charge in [-0.25, -0.2) is 0 Å². The first-order valence-electron chi connectivity index (χ1n) is 10.0. The average molecular weight is 402 g/mol. The largest absolute Gasteiger partial charge is 0.422 e. The fraction of sp³-hybridized carbons (Fsp3) is 0.273. The van der Waals surface area contributed by atoms with E-state index in [-0.39, 0.29) is 17.6 Å². The van der Waals surface area contributed by atoms with E-state index in [1.165, 1.54) is 11.3 Å². The molecule has 1 aliphatic rings. The van der Waals surface area contributed by atoms with Gasteiger partial charge in [-0.3, -0.25) is 19.4 Å². The standard InChI is InChI=1S/C22H22N6O2/c1-15-4-6-16(7-5-15)27-10-2-3-17(13-27)28-14-18(11-24-28)30-22-25-20-12-23-9-8-19(20)21(29)26-22/h4-9,11-12,14,17H,2-3,10,13H2,1H3,(H,25,26,29). The Morgan fingerprint density at radius 2 is 2.03 bits per heavy atom. The fourth-order valence-electron chi connectivity index (χ4n) is 3.86. The minimum absolute atomic E-state index is 0.130. The van der Waals surface area contributed by atoms with Crippen LogP contribution < -0.4 is 15.2 Å². The molecule has 1 saturated heterocycles. The molecule has 30 heavy (non-hydrogen) atoms. The molecule has 1 aromatic carbocycles. The second-order valence-electron chi connectivity index (χ2n) is 7.60. The summed E-state index contributed by atoms with van der Waals surface area (Å²) >= 11 is 0. The van der Waals surface area contributed by atoms with Crippen LogP contribution in [0.25, 0.3) is 10.9 Å². The van der Waals surface area contributed by atoms with Crippen LogP contribution in [0.1, 0.15) is 24.4 Å². The zero-order valence-corrected chi connectivity index (χ0v) is 16.7. The van der Waals surface area contributed by atoms with E-state index in [1.807, 2.05) is 10.9 Å². The van der Waals surface area contributed by atoms with E-state index in [9.17, 15) is 4.79 Å². The molecule has 1 fully saturated rings. The fourth-order valence-corrected chi connectivity index (χ4v) is 3.86. The van der Waals surface area contributed by atoms with E-state index >= 15 is 0 Å². The summed E-state index contributed by atoms with van der Waals surface area (Å²) in [7, 11) is 0. The quantitative estimate of drug-likeness (QED) is 0.562. The van der Waals surface area contributed by atoms with Gasteiger partial charge < -0.3 is 9.64 Å². The number of ether oxygens (including phenoxy) is 1. The molecule has 0 spiro atoms. The van der Waals surface area contributed by atoms with Gasteiger partial charge in [0.1, 0.15) is 0 Å². The second kappa shape index (κ2) is 7.62. The lowest BCUT2D eigenvalue weighted by molar-refractivity contribution is 0.373. The highest BCUT2D eigenvalue weighted by molar-refractivity contribution is 5.76. The third-order valence-electron chi connectivity index (χ3n) is 5.45. The van der Waals surface area contributed by atoms with Crippen LogP contribution in [0, 0.1) is 6.92 Å². The first-order chi connectivity index (χ1) is 14.7. The molecule has 8 nitrogen and oxygen atoms in total. The molecule has 4 aromatic rings. The van der Waals surface area contributed by atoms with Crippen molar-refractivity contribution in [2.24, 2.45) is 0 Å². The summed E-state index contributed by atoms with van der Waals surface area (Å²) in [5, 5.41) is 4.97. The summed E-state index contributed by atoms with van der Waals surface area (Å²) in [6, 6.07) is 10.6. The molecule has 0 aliphatic carbocycles. The van der Waals surface area contributed by atoms with Gasteiger partial charge in [-0.1, -0.05) is 17.7 Å². The molecule has 5 rings (SSSR count). The third-order valence-corrected chi connectivity index (χ3v) is 5.45. The number of rotatable bonds is 4. The molecule has 1 aliphatic heterocycles. The lowest BCUT2D eigenvalue weighted by Crippen LogP contribution is -2.36. The van der Waals surface area contributed by atoms with Gasteiger partial charge >= 0.3 is 6.01 Å². The van der Waals surface area contributed by atoms with Crippen molar-refractivity contribution in [2.45, 2.75) is 25.8 Å². The Labute approximate surface area is 173 Å². The van der Waals surface area contributed by atoms with Crippen LogP contribution in [-0.2, 0) is 0 Å². The van der Waals surface area contributed by atoms with E-state index in [2.05, 4.69) is 56.1 Å². The van der Waals surface area contributed by atoms with Gasteiger partial charge in [0.25, 0.3) is 5.56 Å². The Morgan fingerprint density at radius 1 is 1.17 bits per heavy atom. The predicted molar refractivity (Wildman–Crippen MR) is 114 cm³/mol. The summed E-state index contributed by atoms with van der Waals surface area (Å²) in [5.74, 6) is 0.536. The van der Waals surface area contributed by atoms with Crippen LogP contribution in [0.4, 0.5) is 5.69 Å². The summed E-state index contributed by atoms with van der Waals surface area (Å²) in [4.78, 5) is 25.6. The number of hydrogen-bond acceptors (Lipinski definition) is 6. The molecule has 152 valence electrons. The predicted octanol–water partition coefficient (Wildman–Crippen LogP) is 3.46. The van der Waals surface area contributed by atoms with Crippen molar-refractivity contribution < 1.29 is 4.74 Å². The molecule has 4 heterocycles. The van der Waals surface area contributed by atoms with Crippen LogP contribution in [0.3, 0.4) is 0 Å². The molecular weight excluding hydrogens is 380 g/mol. The Bertz CT molecular complexity index is 1230. The van der Waals surface area contributed by atoms with Gasteiger partial charge in [-0.15, -0.1) is 0 Å². The smallest absolute Gasteiger partial charge is 0.302 e. The van der Waals surface area contributed by atoms with E-state index in [1.54, 1.807) is 24.7 Å². The molecule has 8 heteroatoms. The Balaban J connectivity index is 1.33. The third kappa shape index (κ3) is 3.63. The van der Waals surface area contributed by atoms with Gasteiger partial charge in [-0.05, 0) is 38.0 Å². The SMILES string of the molecule is Cc1ccc(N2CCCC(n3cc(Oc4nc5cnccc5c(=O)[nH]4)cn3)C2)cc1. The number of aryl methyl sites for hydroxylation is 1. The van der Waals surface area contributed by atoms with Crippen molar-refractivity contribution in [3.05, 3.63) is 71.0 Å². The maximum absolute atomic E-state index is 12.2. The number of anilines is 1. The number of aromatic nitrogens is 5. The van der Waals surface area contributed by atoms with Crippen LogP contribution in [0.5, 0.6) is 11.8 Å². The molecular formula is C22H22N6O2. The van der Waals surface area contributed by atoms with Crippen LogP contribution in [-0.4, -0.2) is 37.8 Å². The minimum Gasteiger partial charge on any atom is -0.422 e. The number of hydrogen-bond donors (Lipinski definition) is 1. The van der Waals surface area contributed by atoms with E-state index in [4.69, 9.17) is 4.74 Å². The lowest BCUT2D eigenvalue weighted by Gasteiger charge is -2.34. The highest BCUT2D eigenvalue weighted by atomic mass is 16.5. The second-order valence-corrected chi connectivity index (χ2v) is 7.60. The molecule has 1 N–H and O–H groups in total. The van der Waals surface area contributed by atoms with Crippen LogP contribution >= 0.6 is 0 Å². The van der Waals surface area contributed by atoms with Crippen LogP contribution in [0.2, 0.25) is 0 Å². The zero-order chi connectivity index (χ0) is 20.5. The monoisotopic (exact) mass is 402 g/mol. The summed E-state index contributed by atoms with van der Waals surface area (Å²) in [5.41, 5.74) is 2.73. The molecule has 1 atom stereocenters.